The van der Waals surface area contributed by atoms with Crippen molar-refractivity contribution in [2.24, 2.45) is 5.41 Å². The third-order valence-electron chi connectivity index (χ3n) is 4.06. The average Bonchev–Trinajstić information content (AvgIpc) is 2.46. The molecular formula is C15H21N3O3. The third-order valence-corrected chi connectivity index (χ3v) is 4.06. The van der Waals surface area contributed by atoms with Crippen LogP contribution in [0.3, 0.4) is 0 Å². The fourth-order valence-corrected chi connectivity index (χ4v) is 2.59. The van der Waals surface area contributed by atoms with Gasteiger partial charge in [-0.05, 0) is 31.3 Å². The molecule has 6 heteroatoms. The van der Waals surface area contributed by atoms with E-state index in [1.165, 1.54) is 6.07 Å². The molecule has 1 aromatic carbocycles. The zero-order valence-electron chi connectivity index (χ0n) is 12.2. The molecule has 2 rings (SSSR count). The van der Waals surface area contributed by atoms with E-state index >= 15 is 0 Å². The highest BCUT2D eigenvalue weighted by Crippen LogP contribution is 2.26. The minimum Gasteiger partial charge on any atom is -0.355 e. The molecule has 1 heterocycles. The standard InChI is InChI=1S/C15H21N3O3/c1-15(6-8-16-9-7-15)11-17-14(19)10-12-4-2-3-5-13(12)18(20)21/h2-5,16H,6-11H2,1H3,(H,17,19). The first kappa shape index (κ1) is 15.4. The topological polar surface area (TPSA) is 84.3 Å². The van der Waals surface area contributed by atoms with Crippen molar-refractivity contribution >= 4 is 11.6 Å². The van der Waals surface area contributed by atoms with E-state index in [2.05, 4.69) is 17.6 Å². The molecule has 0 atom stereocenters. The minimum atomic E-state index is -0.448. The van der Waals surface area contributed by atoms with Gasteiger partial charge in [0, 0.05) is 18.2 Å². The Morgan fingerprint density at radius 1 is 1.38 bits per heavy atom. The number of nitro groups is 1. The highest BCUT2D eigenvalue weighted by atomic mass is 16.6. The van der Waals surface area contributed by atoms with Gasteiger partial charge in [-0.3, -0.25) is 14.9 Å². The number of hydrogen-bond donors (Lipinski definition) is 2. The summed E-state index contributed by atoms with van der Waals surface area (Å²) in [5.74, 6) is -0.163. The average molecular weight is 291 g/mol. The Morgan fingerprint density at radius 2 is 2.05 bits per heavy atom. The summed E-state index contributed by atoms with van der Waals surface area (Å²) in [5.41, 5.74) is 0.569. The van der Waals surface area contributed by atoms with Crippen LogP contribution in [-0.4, -0.2) is 30.5 Å². The third kappa shape index (κ3) is 4.26. The summed E-state index contributed by atoms with van der Waals surface area (Å²) in [4.78, 5) is 22.5. The summed E-state index contributed by atoms with van der Waals surface area (Å²) in [7, 11) is 0. The number of nitro benzene ring substituents is 1. The van der Waals surface area contributed by atoms with Crippen LogP contribution in [0.1, 0.15) is 25.3 Å². The molecule has 1 fully saturated rings. The molecular weight excluding hydrogens is 270 g/mol. The predicted molar refractivity (Wildman–Crippen MR) is 80.0 cm³/mol. The van der Waals surface area contributed by atoms with Gasteiger partial charge in [0.05, 0.1) is 11.3 Å². The number of carbonyl (C=O) groups is 1. The number of hydrogen-bond acceptors (Lipinski definition) is 4. The van der Waals surface area contributed by atoms with Gasteiger partial charge in [0.2, 0.25) is 5.91 Å². The summed E-state index contributed by atoms with van der Waals surface area (Å²) in [5, 5.41) is 17.1. The van der Waals surface area contributed by atoms with Crippen LogP contribution >= 0.6 is 0 Å². The molecule has 0 aromatic heterocycles. The van der Waals surface area contributed by atoms with Gasteiger partial charge < -0.3 is 10.6 Å². The first-order valence-corrected chi connectivity index (χ1v) is 7.20. The molecule has 0 spiro atoms. The summed E-state index contributed by atoms with van der Waals surface area (Å²) >= 11 is 0. The number of amides is 1. The summed E-state index contributed by atoms with van der Waals surface area (Å²) in [6.07, 6.45) is 2.10. The fraction of sp³-hybridized carbons (Fsp3) is 0.533. The molecule has 0 unspecified atom stereocenters. The van der Waals surface area contributed by atoms with E-state index in [0.717, 1.165) is 25.9 Å². The maximum atomic E-state index is 12.0. The second kappa shape index (κ2) is 6.67. The first-order valence-electron chi connectivity index (χ1n) is 7.20. The van der Waals surface area contributed by atoms with E-state index in [-0.39, 0.29) is 23.4 Å². The van der Waals surface area contributed by atoms with E-state index in [1.54, 1.807) is 18.2 Å². The Bertz CT molecular complexity index is 525. The SMILES string of the molecule is CC1(CNC(=O)Cc2ccccc2[N+](=O)[O-])CCNCC1. The molecule has 0 aliphatic carbocycles. The van der Waals surface area contributed by atoms with Crippen molar-refractivity contribution in [3.8, 4) is 0 Å². The molecule has 0 bridgehead atoms. The zero-order valence-corrected chi connectivity index (χ0v) is 12.2. The van der Waals surface area contributed by atoms with Crippen LogP contribution in [0, 0.1) is 15.5 Å². The van der Waals surface area contributed by atoms with Gasteiger partial charge in [-0.25, -0.2) is 0 Å². The van der Waals surface area contributed by atoms with Gasteiger partial charge in [0.25, 0.3) is 5.69 Å². The summed E-state index contributed by atoms with van der Waals surface area (Å²) in [6, 6.07) is 6.38. The molecule has 2 N–H and O–H groups in total. The van der Waals surface area contributed by atoms with Crippen molar-refractivity contribution in [1.82, 2.24) is 10.6 Å². The van der Waals surface area contributed by atoms with E-state index in [9.17, 15) is 14.9 Å². The maximum absolute atomic E-state index is 12.0. The van der Waals surface area contributed by atoms with Crippen LogP contribution in [0.5, 0.6) is 0 Å². The Morgan fingerprint density at radius 3 is 2.71 bits per heavy atom. The molecule has 114 valence electrons. The van der Waals surface area contributed by atoms with Crippen molar-refractivity contribution in [3.05, 3.63) is 39.9 Å². The lowest BCUT2D eigenvalue weighted by Crippen LogP contribution is -2.43. The molecule has 1 aliphatic heterocycles. The zero-order chi connectivity index (χ0) is 15.3. The monoisotopic (exact) mass is 291 g/mol. The highest BCUT2D eigenvalue weighted by molar-refractivity contribution is 5.79. The Labute approximate surface area is 124 Å². The molecule has 6 nitrogen and oxygen atoms in total. The number of nitrogens with zero attached hydrogens (tertiary/aromatic N) is 1. The molecule has 0 saturated carbocycles. The van der Waals surface area contributed by atoms with Crippen LogP contribution in [0.25, 0.3) is 0 Å². The molecule has 1 saturated heterocycles. The number of piperidine rings is 1. The van der Waals surface area contributed by atoms with Gasteiger partial charge >= 0.3 is 0 Å². The van der Waals surface area contributed by atoms with E-state index < -0.39 is 4.92 Å². The van der Waals surface area contributed by atoms with Crippen molar-refractivity contribution in [2.45, 2.75) is 26.2 Å². The first-order chi connectivity index (χ1) is 10.0. The minimum absolute atomic E-state index is 0.000674. The van der Waals surface area contributed by atoms with Gasteiger partial charge in [0.15, 0.2) is 0 Å². The van der Waals surface area contributed by atoms with E-state index in [1.807, 2.05) is 0 Å². The van der Waals surface area contributed by atoms with Gasteiger partial charge in [-0.2, -0.15) is 0 Å². The van der Waals surface area contributed by atoms with Crippen LogP contribution in [0.15, 0.2) is 24.3 Å². The molecule has 1 amide bonds. The Hall–Kier alpha value is -1.95. The number of para-hydroxylation sites is 1. The van der Waals surface area contributed by atoms with E-state index in [0.29, 0.717) is 12.1 Å². The number of carbonyl (C=O) groups excluding carboxylic acids is 1. The fourth-order valence-electron chi connectivity index (χ4n) is 2.59. The van der Waals surface area contributed by atoms with Crippen LogP contribution < -0.4 is 10.6 Å². The summed E-state index contributed by atoms with van der Waals surface area (Å²) < 4.78 is 0. The Balaban J connectivity index is 1.91. The van der Waals surface area contributed by atoms with Crippen molar-refractivity contribution in [1.29, 1.82) is 0 Å². The lowest BCUT2D eigenvalue weighted by atomic mass is 9.81. The van der Waals surface area contributed by atoms with Crippen LogP contribution in [0.4, 0.5) is 5.69 Å². The molecule has 0 radical (unpaired) electrons. The maximum Gasteiger partial charge on any atom is 0.273 e. The number of benzene rings is 1. The van der Waals surface area contributed by atoms with Gasteiger partial charge in [-0.1, -0.05) is 25.1 Å². The lowest BCUT2D eigenvalue weighted by Gasteiger charge is -2.34. The summed E-state index contributed by atoms with van der Waals surface area (Å²) in [6.45, 7) is 4.72. The second-order valence-electron chi connectivity index (χ2n) is 5.90. The van der Waals surface area contributed by atoms with Crippen LogP contribution in [0.2, 0.25) is 0 Å². The molecule has 1 aromatic rings. The number of nitrogens with one attached hydrogen (secondary N) is 2. The molecule has 1 aliphatic rings. The smallest absolute Gasteiger partial charge is 0.273 e. The highest BCUT2D eigenvalue weighted by Gasteiger charge is 2.27. The van der Waals surface area contributed by atoms with Crippen molar-refractivity contribution < 1.29 is 9.72 Å². The second-order valence-corrected chi connectivity index (χ2v) is 5.90. The molecule has 21 heavy (non-hydrogen) atoms. The Kier molecular flexibility index (Phi) is 4.90. The van der Waals surface area contributed by atoms with Crippen LogP contribution in [-0.2, 0) is 11.2 Å². The largest absolute Gasteiger partial charge is 0.355 e. The van der Waals surface area contributed by atoms with Gasteiger partial charge in [-0.15, -0.1) is 0 Å². The number of rotatable bonds is 5. The lowest BCUT2D eigenvalue weighted by molar-refractivity contribution is -0.385. The van der Waals surface area contributed by atoms with Crippen molar-refractivity contribution in [3.63, 3.8) is 0 Å². The quantitative estimate of drug-likeness (QED) is 0.638. The van der Waals surface area contributed by atoms with E-state index in [4.69, 9.17) is 0 Å². The van der Waals surface area contributed by atoms with Gasteiger partial charge in [0.1, 0.15) is 0 Å². The normalized spacial score (nSPS) is 17.2. The predicted octanol–water partition coefficient (Wildman–Crippen LogP) is 1.64. The van der Waals surface area contributed by atoms with Crippen molar-refractivity contribution in [2.75, 3.05) is 19.6 Å².